The number of rotatable bonds is 4. The van der Waals surface area contributed by atoms with E-state index >= 15 is 0 Å². The van der Waals surface area contributed by atoms with Crippen molar-refractivity contribution in [1.29, 1.82) is 0 Å². The van der Waals surface area contributed by atoms with Gasteiger partial charge in [0.1, 0.15) is 0 Å². The Kier molecular flexibility index (Phi) is 6.07. The fraction of sp³-hybridized carbons (Fsp3) is 0.440. The molecule has 0 aliphatic carbocycles. The second-order valence-electron chi connectivity index (χ2n) is 8.67. The summed E-state index contributed by atoms with van der Waals surface area (Å²) >= 11 is 0. The van der Waals surface area contributed by atoms with Gasteiger partial charge in [0.2, 0.25) is 5.91 Å². The van der Waals surface area contributed by atoms with Gasteiger partial charge in [0.15, 0.2) is 0 Å². The van der Waals surface area contributed by atoms with Crippen LogP contribution in [-0.4, -0.2) is 36.3 Å². The van der Waals surface area contributed by atoms with Crippen LogP contribution in [0.5, 0.6) is 0 Å². The molecule has 0 aromatic heterocycles. The Balaban J connectivity index is 1.66. The standard InChI is InChI=1S/C25H31N3O2/c1-18(2)24(29)26-21-10-11-23(22(16-21)25(30)27-13-6-3-7-14-27)28-15-12-19-8-4-5-9-20(19)17-28/h4-5,8-11,16,18H,3,6-7,12-15,17H2,1-2H3,(H,26,29). The lowest BCUT2D eigenvalue weighted by Crippen LogP contribution is -2.38. The van der Waals surface area contributed by atoms with E-state index in [1.807, 2.05) is 36.9 Å². The van der Waals surface area contributed by atoms with Crippen LogP contribution in [0.25, 0.3) is 0 Å². The quantitative estimate of drug-likeness (QED) is 0.817. The highest BCUT2D eigenvalue weighted by atomic mass is 16.2. The van der Waals surface area contributed by atoms with Gasteiger partial charge < -0.3 is 15.1 Å². The number of likely N-dealkylation sites (tertiary alicyclic amines) is 1. The Bertz CT molecular complexity index is 932. The number of nitrogens with zero attached hydrogens (tertiary/aromatic N) is 2. The van der Waals surface area contributed by atoms with Crippen LogP contribution >= 0.6 is 0 Å². The normalized spacial score (nSPS) is 16.4. The van der Waals surface area contributed by atoms with Gasteiger partial charge in [-0.05, 0) is 55.0 Å². The monoisotopic (exact) mass is 405 g/mol. The fourth-order valence-electron chi connectivity index (χ4n) is 4.32. The molecule has 0 unspecified atom stereocenters. The zero-order chi connectivity index (χ0) is 21.1. The summed E-state index contributed by atoms with van der Waals surface area (Å²) in [6.07, 6.45) is 4.27. The van der Waals surface area contributed by atoms with Crippen LogP contribution in [0, 0.1) is 5.92 Å². The number of hydrogen-bond donors (Lipinski definition) is 1. The fourth-order valence-corrected chi connectivity index (χ4v) is 4.32. The average Bonchev–Trinajstić information content (AvgIpc) is 2.78. The molecule has 2 aliphatic heterocycles. The van der Waals surface area contributed by atoms with Crippen molar-refractivity contribution in [2.24, 2.45) is 5.92 Å². The first-order chi connectivity index (χ1) is 14.5. The third-order valence-corrected chi connectivity index (χ3v) is 6.13. The van der Waals surface area contributed by atoms with Gasteiger partial charge >= 0.3 is 0 Å². The van der Waals surface area contributed by atoms with E-state index in [0.717, 1.165) is 51.1 Å². The van der Waals surface area contributed by atoms with E-state index in [0.29, 0.717) is 11.3 Å². The number of fused-ring (bicyclic) bond motifs is 1. The van der Waals surface area contributed by atoms with Crippen LogP contribution in [0.3, 0.4) is 0 Å². The van der Waals surface area contributed by atoms with E-state index in [-0.39, 0.29) is 17.7 Å². The maximum atomic E-state index is 13.5. The average molecular weight is 406 g/mol. The number of nitrogens with one attached hydrogen (secondary N) is 1. The first-order valence-corrected chi connectivity index (χ1v) is 11.1. The van der Waals surface area contributed by atoms with Gasteiger partial charge in [-0.25, -0.2) is 0 Å². The topological polar surface area (TPSA) is 52.7 Å². The third-order valence-electron chi connectivity index (χ3n) is 6.13. The van der Waals surface area contributed by atoms with Gasteiger partial charge in [-0.15, -0.1) is 0 Å². The van der Waals surface area contributed by atoms with Crippen molar-refractivity contribution < 1.29 is 9.59 Å². The lowest BCUT2D eigenvalue weighted by atomic mass is 9.98. The van der Waals surface area contributed by atoms with Crippen LogP contribution in [0.1, 0.15) is 54.6 Å². The summed E-state index contributed by atoms with van der Waals surface area (Å²) in [5, 5.41) is 2.96. The minimum atomic E-state index is -0.107. The lowest BCUT2D eigenvalue weighted by Gasteiger charge is -2.34. The van der Waals surface area contributed by atoms with E-state index in [1.54, 1.807) is 0 Å². The summed E-state index contributed by atoms with van der Waals surface area (Å²) in [4.78, 5) is 29.9. The largest absolute Gasteiger partial charge is 0.366 e. The molecular weight excluding hydrogens is 374 g/mol. The molecule has 0 atom stereocenters. The Morgan fingerprint density at radius 2 is 1.67 bits per heavy atom. The van der Waals surface area contributed by atoms with Gasteiger partial charge in [0.25, 0.3) is 5.91 Å². The van der Waals surface area contributed by atoms with E-state index in [4.69, 9.17) is 0 Å². The molecule has 1 N–H and O–H groups in total. The minimum Gasteiger partial charge on any atom is -0.366 e. The number of hydrogen-bond acceptors (Lipinski definition) is 3. The second kappa shape index (κ2) is 8.90. The molecule has 2 aliphatic rings. The van der Waals surface area contributed by atoms with Gasteiger partial charge in [0, 0.05) is 43.5 Å². The van der Waals surface area contributed by atoms with Gasteiger partial charge in [-0.2, -0.15) is 0 Å². The van der Waals surface area contributed by atoms with Crippen molar-refractivity contribution in [1.82, 2.24) is 4.90 Å². The number of carbonyl (C=O) groups excluding carboxylic acids is 2. The summed E-state index contributed by atoms with van der Waals surface area (Å²) in [6.45, 7) is 7.04. The molecule has 2 amide bonds. The first kappa shape index (κ1) is 20.5. The number of amides is 2. The van der Waals surface area contributed by atoms with E-state index in [1.165, 1.54) is 17.5 Å². The van der Waals surface area contributed by atoms with Crippen LogP contribution < -0.4 is 10.2 Å². The molecule has 158 valence electrons. The van der Waals surface area contributed by atoms with Crippen LogP contribution in [0.4, 0.5) is 11.4 Å². The molecule has 2 aromatic carbocycles. The Labute approximate surface area is 179 Å². The summed E-state index contributed by atoms with van der Waals surface area (Å²) in [5.74, 6) is -0.0697. The zero-order valence-electron chi connectivity index (χ0n) is 18.0. The molecule has 4 rings (SSSR count). The molecule has 2 heterocycles. The molecule has 1 saturated heterocycles. The highest BCUT2D eigenvalue weighted by Gasteiger charge is 2.25. The highest BCUT2D eigenvalue weighted by molar-refractivity contribution is 6.02. The summed E-state index contributed by atoms with van der Waals surface area (Å²) in [5.41, 5.74) is 5.05. The van der Waals surface area contributed by atoms with Crippen LogP contribution in [-0.2, 0) is 17.8 Å². The van der Waals surface area contributed by atoms with Crippen LogP contribution in [0.2, 0.25) is 0 Å². The van der Waals surface area contributed by atoms with Crippen molar-refractivity contribution in [3.8, 4) is 0 Å². The molecule has 0 bridgehead atoms. The molecule has 30 heavy (non-hydrogen) atoms. The highest BCUT2D eigenvalue weighted by Crippen LogP contribution is 2.31. The molecular formula is C25H31N3O2. The molecule has 5 nitrogen and oxygen atoms in total. The van der Waals surface area contributed by atoms with Crippen molar-refractivity contribution in [3.05, 3.63) is 59.2 Å². The first-order valence-electron chi connectivity index (χ1n) is 11.1. The van der Waals surface area contributed by atoms with Crippen LogP contribution in [0.15, 0.2) is 42.5 Å². The Hall–Kier alpha value is -2.82. The number of benzene rings is 2. The van der Waals surface area contributed by atoms with Gasteiger partial charge in [-0.3, -0.25) is 9.59 Å². The summed E-state index contributed by atoms with van der Waals surface area (Å²) in [7, 11) is 0. The minimum absolute atomic E-state index is 0.0361. The van der Waals surface area contributed by atoms with E-state index < -0.39 is 0 Å². The van der Waals surface area contributed by atoms with Crippen molar-refractivity contribution in [3.63, 3.8) is 0 Å². The second-order valence-corrected chi connectivity index (χ2v) is 8.67. The predicted octanol–water partition coefficient (Wildman–Crippen LogP) is 4.47. The molecule has 2 aromatic rings. The maximum Gasteiger partial charge on any atom is 0.256 e. The Morgan fingerprint density at radius 3 is 2.40 bits per heavy atom. The summed E-state index contributed by atoms with van der Waals surface area (Å²) < 4.78 is 0. The van der Waals surface area contributed by atoms with E-state index in [9.17, 15) is 9.59 Å². The molecule has 0 saturated carbocycles. The van der Waals surface area contributed by atoms with Crippen molar-refractivity contribution in [2.45, 2.75) is 46.1 Å². The van der Waals surface area contributed by atoms with E-state index in [2.05, 4.69) is 34.5 Å². The number of carbonyl (C=O) groups is 2. The predicted molar refractivity (Wildman–Crippen MR) is 121 cm³/mol. The lowest BCUT2D eigenvalue weighted by molar-refractivity contribution is -0.118. The molecule has 5 heteroatoms. The zero-order valence-corrected chi connectivity index (χ0v) is 18.0. The molecule has 0 radical (unpaired) electrons. The van der Waals surface area contributed by atoms with Crippen molar-refractivity contribution >= 4 is 23.2 Å². The smallest absolute Gasteiger partial charge is 0.256 e. The molecule has 0 spiro atoms. The molecule has 1 fully saturated rings. The third kappa shape index (κ3) is 4.35. The van der Waals surface area contributed by atoms with Crippen molar-refractivity contribution in [2.75, 3.05) is 29.9 Å². The SMILES string of the molecule is CC(C)C(=O)Nc1ccc(N2CCc3ccccc3C2)c(C(=O)N2CCCCC2)c1. The van der Waals surface area contributed by atoms with Gasteiger partial charge in [-0.1, -0.05) is 38.1 Å². The Morgan fingerprint density at radius 1 is 0.933 bits per heavy atom. The number of anilines is 2. The number of piperidine rings is 1. The van der Waals surface area contributed by atoms with Gasteiger partial charge in [0.05, 0.1) is 5.56 Å². The summed E-state index contributed by atoms with van der Waals surface area (Å²) in [6, 6.07) is 14.3. The maximum absolute atomic E-state index is 13.5.